The van der Waals surface area contributed by atoms with Crippen molar-refractivity contribution >= 4 is 29.3 Å². The third-order valence-electron chi connectivity index (χ3n) is 5.19. The summed E-state index contributed by atoms with van der Waals surface area (Å²) in [6.45, 7) is 7.57. The number of likely N-dealkylation sites (tertiary alicyclic amines) is 1. The number of anilines is 1. The van der Waals surface area contributed by atoms with Crippen molar-refractivity contribution in [3.63, 3.8) is 0 Å². The van der Waals surface area contributed by atoms with E-state index in [1.165, 1.54) is 44.8 Å². The van der Waals surface area contributed by atoms with Crippen molar-refractivity contribution in [3.05, 3.63) is 53.6 Å². The normalized spacial score (nSPS) is 14.3. The Morgan fingerprint density at radius 2 is 1.77 bits per heavy atom. The molecule has 0 unspecified atom stereocenters. The maximum Gasteiger partial charge on any atom is 0.251 e. The average molecular weight is 426 g/mol. The highest BCUT2D eigenvalue weighted by atomic mass is 32.2. The molecule has 1 fully saturated rings. The van der Waals surface area contributed by atoms with Crippen molar-refractivity contribution in [3.8, 4) is 0 Å². The Balaban J connectivity index is 1.60. The van der Waals surface area contributed by atoms with Crippen LogP contribution in [-0.2, 0) is 4.79 Å². The molecule has 6 heteroatoms. The fraction of sp³-hybridized carbons (Fsp3) is 0.417. The summed E-state index contributed by atoms with van der Waals surface area (Å²) >= 11 is 1.57. The van der Waals surface area contributed by atoms with Gasteiger partial charge in [0.1, 0.15) is 0 Å². The molecule has 0 aromatic heterocycles. The minimum Gasteiger partial charge on any atom is -0.352 e. The first-order valence-electron chi connectivity index (χ1n) is 10.7. The molecule has 0 aliphatic carbocycles. The molecule has 0 radical (unpaired) electrons. The van der Waals surface area contributed by atoms with E-state index in [0.29, 0.717) is 17.8 Å². The lowest BCUT2D eigenvalue weighted by molar-refractivity contribution is -0.114. The number of carbonyl (C=O) groups excluding carboxylic acids is 2. The number of aryl methyl sites for hydroxylation is 1. The zero-order valence-electron chi connectivity index (χ0n) is 17.9. The van der Waals surface area contributed by atoms with E-state index in [4.69, 9.17) is 0 Å². The molecule has 2 aromatic carbocycles. The van der Waals surface area contributed by atoms with E-state index in [2.05, 4.69) is 46.7 Å². The number of rotatable bonds is 8. The number of carbonyl (C=O) groups is 2. The largest absolute Gasteiger partial charge is 0.352 e. The van der Waals surface area contributed by atoms with Crippen molar-refractivity contribution in [1.29, 1.82) is 0 Å². The van der Waals surface area contributed by atoms with Gasteiger partial charge >= 0.3 is 0 Å². The molecule has 1 aliphatic heterocycles. The third kappa shape index (κ3) is 6.89. The zero-order valence-corrected chi connectivity index (χ0v) is 18.7. The lowest BCUT2D eigenvalue weighted by Crippen LogP contribution is -2.33. The highest BCUT2D eigenvalue weighted by Crippen LogP contribution is 2.34. The molecule has 3 rings (SSSR count). The molecular formula is C24H31N3O2S. The lowest BCUT2D eigenvalue weighted by atomic mass is 10.1. The third-order valence-corrected chi connectivity index (χ3v) is 6.27. The molecule has 2 aromatic rings. The van der Waals surface area contributed by atoms with Gasteiger partial charge in [0.05, 0.1) is 5.69 Å². The van der Waals surface area contributed by atoms with Crippen molar-refractivity contribution < 1.29 is 9.59 Å². The summed E-state index contributed by atoms with van der Waals surface area (Å²) < 4.78 is 0. The number of hydrogen-bond donors (Lipinski definition) is 2. The Bertz CT molecular complexity index is 861. The van der Waals surface area contributed by atoms with Crippen molar-refractivity contribution in [2.45, 2.75) is 49.3 Å². The summed E-state index contributed by atoms with van der Waals surface area (Å²) in [5.41, 5.74) is 2.42. The first-order chi connectivity index (χ1) is 14.5. The number of amides is 2. The van der Waals surface area contributed by atoms with E-state index in [9.17, 15) is 9.59 Å². The quantitative estimate of drug-likeness (QED) is 0.601. The van der Waals surface area contributed by atoms with Gasteiger partial charge in [-0.3, -0.25) is 9.59 Å². The molecule has 0 bridgehead atoms. The number of piperidine rings is 1. The zero-order chi connectivity index (χ0) is 21.3. The van der Waals surface area contributed by atoms with Crippen LogP contribution in [0.1, 0.15) is 48.5 Å². The molecule has 5 nitrogen and oxygen atoms in total. The van der Waals surface area contributed by atoms with E-state index in [1.54, 1.807) is 17.8 Å². The van der Waals surface area contributed by atoms with Gasteiger partial charge in [0.2, 0.25) is 5.91 Å². The van der Waals surface area contributed by atoms with Gasteiger partial charge in [-0.05, 0) is 76.2 Å². The van der Waals surface area contributed by atoms with Crippen LogP contribution in [0, 0.1) is 6.92 Å². The molecule has 1 aliphatic rings. The SMILES string of the molecule is CC(=O)Nc1cc(C(=O)NCCCN2CCCCC2)ccc1Sc1ccc(C)cc1. The van der Waals surface area contributed by atoms with Crippen LogP contribution in [0.3, 0.4) is 0 Å². The topological polar surface area (TPSA) is 61.4 Å². The molecule has 0 spiro atoms. The second-order valence-electron chi connectivity index (χ2n) is 7.82. The van der Waals surface area contributed by atoms with Crippen LogP contribution in [0.5, 0.6) is 0 Å². The first kappa shape index (κ1) is 22.4. The Labute approximate surface area is 183 Å². The standard InChI is InChI=1S/C24H31N3O2S/c1-18-7-10-21(11-8-18)30-23-12-9-20(17-22(23)26-19(2)28)24(29)25-13-6-16-27-14-4-3-5-15-27/h7-12,17H,3-6,13-16H2,1-2H3,(H,25,29)(H,26,28). The summed E-state index contributed by atoms with van der Waals surface area (Å²) in [6, 6.07) is 13.7. The maximum absolute atomic E-state index is 12.6. The first-order valence-corrected chi connectivity index (χ1v) is 11.5. The van der Waals surface area contributed by atoms with Gasteiger partial charge in [-0.1, -0.05) is 35.9 Å². The van der Waals surface area contributed by atoms with Gasteiger partial charge in [-0.25, -0.2) is 0 Å². The van der Waals surface area contributed by atoms with Crippen LogP contribution in [0.25, 0.3) is 0 Å². The van der Waals surface area contributed by atoms with Crippen LogP contribution < -0.4 is 10.6 Å². The maximum atomic E-state index is 12.6. The Hall–Kier alpha value is -2.31. The molecule has 1 saturated heterocycles. The van der Waals surface area contributed by atoms with E-state index in [-0.39, 0.29) is 11.8 Å². The Kier molecular flexibility index (Phi) is 8.34. The molecule has 160 valence electrons. The summed E-state index contributed by atoms with van der Waals surface area (Å²) in [5.74, 6) is -0.257. The number of nitrogens with one attached hydrogen (secondary N) is 2. The van der Waals surface area contributed by atoms with E-state index in [1.807, 2.05) is 12.1 Å². The van der Waals surface area contributed by atoms with Gasteiger partial charge in [-0.2, -0.15) is 0 Å². The predicted molar refractivity (Wildman–Crippen MR) is 123 cm³/mol. The summed E-state index contributed by atoms with van der Waals surface area (Å²) in [6.07, 6.45) is 4.85. The smallest absolute Gasteiger partial charge is 0.251 e. The molecule has 2 N–H and O–H groups in total. The molecular weight excluding hydrogens is 394 g/mol. The monoisotopic (exact) mass is 425 g/mol. The highest BCUT2D eigenvalue weighted by Gasteiger charge is 2.13. The van der Waals surface area contributed by atoms with Gasteiger partial charge in [0, 0.05) is 28.8 Å². The lowest BCUT2D eigenvalue weighted by Gasteiger charge is -2.26. The van der Waals surface area contributed by atoms with E-state index >= 15 is 0 Å². The Morgan fingerprint density at radius 1 is 1.03 bits per heavy atom. The highest BCUT2D eigenvalue weighted by molar-refractivity contribution is 7.99. The van der Waals surface area contributed by atoms with Crippen LogP contribution in [-0.4, -0.2) is 42.9 Å². The summed E-state index contributed by atoms with van der Waals surface area (Å²) in [7, 11) is 0. The van der Waals surface area contributed by atoms with Crippen LogP contribution in [0.4, 0.5) is 5.69 Å². The average Bonchev–Trinajstić information content (AvgIpc) is 2.74. The number of hydrogen-bond acceptors (Lipinski definition) is 4. The van der Waals surface area contributed by atoms with Gasteiger partial charge in [0.25, 0.3) is 5.91 Å². The molecule has 2 amide bonds. The van der Waals surface area contributed by atoms with E-state index < -0.39 is 0 Å². The molecule has 1 heterocycles. The second kappa shape index (κ2) is 11.2. The van der Waals surface area contributed by atoms with Crippen LogP contribution in [0.15, 0.2) is 52.3 Å². The van der Waals surface area contributed by atoms with Crippen LogP contribution >= 0.6 is 11.8 Å². The van der Waals surface area contributed by atoms with Crippen molar-refractivity contribution in [2.24, 2.45) is 0 Å². The Morgan fingerprint density at radius 3 is 2.47 bits per heavy atom. The summed E-state index contributed by atoms with van der Waals surface area (Å²) in [5, 5.41) is 5.87. The molecule has 0 saturated carbocycles. The fourth-order valence-corrected chi connectivity index (χ4v) is 4.45. The fourth-order valence-electron chi connectivity index (χ4n) is 3.57. The molecule has 0 atom stereocenters. The minimum atomic E-state index is -0.153. The second-order valence-corrected chi connectivity index (χ2v) is 8.93. The van der Waals surface area contributed by atoms with Gasteiger partial charge in [-0.15, -0.1) is 0 Å². The minimum absolute atomic E-state index is 0.105. The predicted octanol–water partition coefficient (Wildman–Crippen LogP) is 4.71. The van der Waals surface area contributed by atoms with Crippen LogP contribution in [0.2, 0.25) is 0 Å². The van der Waals surface area contributed by atoms with Crippen molar-refractivity contribution in [1.82, 2.24) is 10.2 Å². The number of nitrogens with zero attached hydrogens (tertiary/aromatic N) is 1. The van der Waals surface area contributed by atoms with Gasteiger partial charge < -0.3 is 15.5 Å². The summed E-state index contributed by atoms with van der Waals surface area (Å²) in [4.78, 5) is 28.7. The number of benzene rings is 2. The van der Waals surface area contributed by atoms with Crippen molar-refractivity contribution in [2.75, 3.05) is 31.5 Å². The van der Waals surface area contributed by atoms with E-state index in [0.717, 1.165) is 22.8 Å². The van der Waals surface area contributed by atoms with Gasteiger partial charge in [0.15, 0.2) is 0 Å². The molecule has 30 heavy (non-hydrogen) atoms.